The Morgan fingerprint density at radius 3 is 1.56 bits per heavy atom. The summed E-state index contributed by atoms with van der Waals surface area (Å²) < 4.78 is 129. The number of rotatable bonds is 9. The standard InChI is InChI=1S/C31H23F9N4O6/c1-15(2)16-5-6-19(42-16)24(27(46)49-13-30(35,36)37)20-9-10-22(44-20)25(28(47)50-14-31(38,39)40)21-8-7-18(43-21)23(17-4-3-11-41-17)26(45)48-12-29(32,33)34/h3-11,43-44H,12-14H2,1-2H3/b23-17+,24-20+,25-22+. The smallest absolute Gasteiger partial charge is 0.422 e. The summed E-state index contributed by atoms with van der Waals surface area (Å²) in [5.74, 6) is -4.59. The van der Waals surface area contributed by atoms with Crippen molar-refractivity contribution in [1.82, 2.24) is 9.97 Å². The maximum absolute atomic E-state index is 13.1. The van der Waals surface area contributed by atoms with Gasteiger partial charge in [-0.2, -0.15) is 39.5 Å². The molecule has 0 radical (unpaired) electrons. The van der Waals surface area contributed by atoms with Crippen molar-refractivity contribution in [1.29, 1.82) is 0 Å². The largest absolute Gasteiger partial charge is 0.452 e. The molecule has 50 heavy (non-hydrogen) atoms. The van der Waals surface area contributed by atoms with Crippen molar-refractivity contribution in [3.05, 3.63) is 87.6 Å². The van der Waals surface area contributed by atoms with Gasteiger partial charge in [-0.3, -0.25) is 4.99 Å². The van der Waals surface area contributed by atoms with E-state index in [9.17, 15) is 53.9 Å². The Bertz CT molecular complexity index is 1980. The molecule has 2 aromatic rings. The molecule has 0 amide bonds. The van der Waals surface area contributed by atoms with Crippen molar-refractivity contribution in [3.63, 3.8) is 0 Å². The van der Waals surface area contributed by atoms with E-state index in [2.05, 4.69) is 34.2 Å². The SMILES string of the molecule is CC(C)=C1C=CC(/C(C(=O)OCC(F)(F)F)=c2/cc/c(=C(\C(=O)OCC(F)(F)F)c3ccc(/C(C(=O)OCC(F)(F)F)=C4/C=CC=N4)[nH]3)[nH]2)=N1. The van der Waals surface area contributed by atoms with E-state index < -0.39 is 73.0 Å². The maximum Gasteiger partial charge on any atom is 0.422 e. The number of nitrogens with one attached hydrogen (secondary N) is 2. The van der Waals surface area contributed by atoms with Crippen LogP contribution in [0.2, 0.25) is 0 Å². The molecule has 2 aromatic heterocycles. The second-order valence-electron chi connectivity index (χ2n) is 10.5. The van der Waals surface area contributed by atoms with Gasteiger partial charge >= 0.3 is 36.4 Å². The van der Waals surface area contributed by atoms with Crippen molar-refractivity contribution < 1.29 is 68.1 Å². The lowest BCUT2D eigenvalue weighted by atomic mass is 10.1. The van der Waals surface area contributed by atoms with Crippen LogP contribution >= 0.6 is 0 Å². The molecule has 0 bridgehead atoms. The highest BCUT2D eigenvalue weighted by molar-refractivity contribution is 6.44. The minimum Gasteiger partial charge on any atom is -0.452 e. The topological polar surface area (TPSA) is 135 Å². The molecule has 2 aliphatic heterocycles. The number of halogens is 9. The average molecular weight is 719 g/mol. The van der Waals surface area contributed by atoms with Gasteiger partial charge in [0.25, 0.3) is 0 Å². The van der Waals surface area contributed by atoms with Crippen molar-refractivity contribution in [2.24, 2.45) is 9.98 Å². The molecule has 266 valence electrons. The minimum absolute atomic E-state index is 0.149. The third-order valence-corrected chi connectivity index (χ3v) is 6.38. The zero-order valence-corrected chi connectivity index (χ0v) is 25.6. The second kappa shape index (κ2) is 14.5. The third kappa shape index (κ3) is 9.73. The number of aliphatic imine (C=N–C) groups is 2. The minimum atomic E-state index is -4.98. The van der Waals surface area contributed by atoms with E-state index in [1.54, 1.807) is 13.8 Å². The Labute approximate surface area is 274 Å². The number of hydrogen-bond acceptors (Lipinski definition) is 8. The molecule has 0 aromatic carbocycles. The molecular formula is C31H23F9N4O6. The molecule has 0 fully saturated rings. The summed E-state index contributed by atoms with van der Waals surface area (Å²) >= 11 is 0. The number of alkyl halides is 9. The van der Waals surface area contributed by atoms with Gasteiger partial charge in [-0.25, -0.2) is 19.4 Å². The summed E-state index contributed by atoms with van der Waals surface area (Å²) in [5, 5.41) is -0.623. The van der Waals surface area contributed by atoms with E-state index in [-0.39, 0.29) is 33.5 Å². The molecule has 10 nitrogen and oxygen atoms in total. The van der Waals surface area contributed by atoms with Crippen LogP contribution in [0.25, 0.3) is 16.7 Å². The molecule has 4 heterocycles. The van der Waals surface area contributed by atoms with Crippen LogP contribution in [0.4, 0.5) is 39.5 Å². The fourth-order valence-electron chi connectivity index (χ4n) is 4.33. The first-order valence-electron chi connectivity index (χ1n) is 14.0. The maximum atomic E-state index is 13.1. The van der Waals surface area contributed by atoms with Crippen LogP contribution in [0, 0.1) is 0 Å². The number of aromatic nitrogens is 2. The van der Waals surface area contributed by atoms with Crippen molar-refractivity contribution >= 4 is 46.6 Å². The molecular weight excluding hydrogens is 695 g/mol. The fourth-order valence-corrected chi connectivity index (χ4v) is 4.33. The molecule has 2 aliphatic rings. The summed E-state index contributed by atoms with van der Waals surface area (Å²) in [7, 11) is 0. The molecule has 19 heteroatoms. The van der Waals surface area contributed by atoms with Crippen LogP contribution in [0.15, 0.2) is 75.5 Å². The number of allylic oxidation sites excluding steroid dienone is 5. The van der Waals surface area contributed by atoms with E-state index in [0.29, 0.717) is 11.3 Å². The molecule has 0 saturated heterocycles. The molecule has 0 spiro atoms. The Morgan fingerprint density at radius 1 is 0.620 bits per heavy atom. The number of aromatic amines is 2. The van der Waals surface area contributed by atoms with Gasteiger partial charge in [0, 0.05) is 6.21 Å². The predicted molar refractivity (Wildman–Crippen MR) is 157 cm³/mol. The molecule has 0 atom stereocenters. The number of ether oxygens (including phenoxy) is 3. The van der Waals surface area contributed by atoms with Crippen molar-refractivity contribution in [2.75, 3.05) is 19.8 Å². The van der Waals surface area contributed by atoms with Gasteiger partial charge in [0.2, 0.25) is 0 Å². The van der Waals surface area contributed by atoms with E-state index in [0.717, 1.165) is 24.3 Å². The van der Waals surface area contributed by atoms with Gasteiger partial charge in [0.05, 0.1) is 39.2 Å². The number of esters is 3. The van der Waals surface area contributed by atoms with Gasteiger partial charge in [0.1, 0.15) is 16.7 Å². The van der Waals surface area contributed by atoms with E-state index in [4.69, 9.17) is 0 Å². The first-order valence-corrected chi connectivity index (χ1v) is 14.0. The van der Waals surface area contributed by atoms with Crippen molar-refractivity contribution in [3.8, 4) is 0 Å². The predicted octanol–water partition coefficient (Wildman–Crippen LogP) is 4.67. The molecule has 2 N–H and O–H groups in total. The van der Waals surface area contributed by atoms with Gasteiger partial charge in [-0.1, -0.05) is 5.57 Å². The van der Waals surface area contributed by atoms with Crippen LogP contribution in [-0.2, 0) is 28.6 Å². The Morgan fingerprint density at radius 2 is 1.10 bits per heavy atom. The normalized spacial score (nSPS) is 16.7. The summed E-state index contributed by atoms with van der Waals surface area (Å²) in [6.45, 7) is -2.64. The lowest BCUT2D eigenvalue weighted by molar-refractivity contribution is -0.182. The molecule has 4 rings (SSSR count). The quantitative estimate of drug-likeness (QED) is 0.168. The van der Waals surface area contributed by atoms with E-state index >= 15 is 0 Å². The zero-order chi connectivity index (χ0) is 37.0. The van der Waals surface area contributed by atoms with Gasteiger partial charge in [-0.05, 0) is 62.4 Å². The Kier molecular flexibility index (Phi) is 10.8. The third-order valence-electron chi connectivity index (χ3n) is 6.38. The van der Waals surface area contributed by atoms with Crippen LogP contribution in [-0.4, -0.2) is 78.2 Å². The summed E-state index contributed by atoms with van der Waals surface area (Å²) in [4.78, 5) is 52.1. The number of carbonyl (C=O) groups is 3. The number of H-pyrrole nitrogens is 2. The van der Waals surface area contributed by atoms with Crippen LogP contribution < -0.4 is 10.7 Å². The number of nitrogens with zero attached hydrogens (tertiary/aromatic N) is 2. The molecule has 0 unspecified atom stereocenters. The number of hydrogen-bond donors (Lipinski definition) is 2. The van der Waals surface area contributed by atoms with Gasteiger partial charge in [-0.15, -0.1) is 0 Å². The highest BCUT2D eigenvalue weighted by Crippen LogP contribution is 2.27. The average Bonchev–Trinajstić information content (AvgIpc) is 3.83. The lowest BCUT2D eigenvalue weighted by Gasteiger charge is -2.11. The molecule has 0 saturated carbocycles. The van der Waals surface area contributed by atoms with Gasteiger partial charge in [0.15, 0.2) is 19.8 Å². The van der Waals surface area contributed by atoms with Crippen LogP contribution in [0.3, 0.4) is 0 Å². The number of carbonyl (C=O) groups excluding carboxylic acids is 3. The second-order valence-corrected chi connectivity index (χ2v) is 10.5. The van der Waals surface area contributed by atoms with Crippen LogP contribution in [0.5, 0.6) is 0 Å². The summed E-state index contributed by atoms with van der Waals surface area (Å²) in [6, 6.07) is 4.36. The van der Waals surface area contributed by atoms with Gasteiger partial charge < -0.3 is 24.2 Å². The van der Waals surface area contributed by atoms with E-state index in [1.807, 2.05) is 0 Å². The van der Waals surface area contributed by atoms with E-state index in [1.165, 1.54) is 30.5 Å². The monoisotopic (exact) mass is 718 g/mol. The zero-order valence-electron chi connectivity index (χ0n) is 25.6. The highest BCUT2D eigenvalue weighted by atomic mass is 19.4. The lowest BCUT2D eigenvalue weighted by Crippen LogP contribution is -2.29. The Hall–Kier alpha value is -5.62. The summed E-state index contributed by atoms with van der Waals surface area (Å²) in [6.07, 6.45) is -8.19. The van der Waals surface area contributed by atoms with Crippen molar-refractivity contribution in [2.45, 2.75) is 32.4 Å². The highest BCUT2D eigenvalue weighted by Gasteiger charge is 2.34. The fraction of sp³-hybridized carbons (Fsp3) is 0.258. The first kappa shape index (κ1) is 37.2. The van der Waals surface area contributed by atoms with Crippen LogP contribution in [0.1, 0.15) is 25.2 Å². The first-order chi connectivity index (χ1) is 23.2. The summed E-state index contributed by atoms with van der Waals surface area (Å²) in [5.41, 5.74) is -1.64. The Balaban J connectivity index is 1.91. The molecule has 0 aliphatic carbocycles.